The zero-order chi connectivity index (χ0) is 15.5. The fraction of sp³-hybridized carbons (Fsp3) is 0.0588. The third-order valence-corrected chi connectivity index (χ3v) is 3.44. The average molecular weight is 296 g/mol. The number of imidazole rings is 1. The first-order valence-electron chi connectivity index (χ1n) is 6.72. The van der Waals surface area contributed by atoms with Gasteiger partial charge < -0.3 is 9.67 Å². The van der Waals surface area contributed by atoms with E-state index >= 15 is 0 Å². The first kappa shape index (κ1) is 14.0. The molecule has 0 aliphatic heterocycles. The standard InChI is InChI=1S/C17H13FN2O2/c18-14-7-5-12(6-8-14)15-4-2-1-3-13(15)10-20-11-19-9-16(20)17(21)22/h1-9,11H,10H2,(H,21,22). The number of rotatable bonds is 4. The normalized spacial score (nSPS) is 10.6. The van der Waals surface area contributed by atoms with Gasteiger partial charge in [0.25, 0.3) is 0 Å². The van der Waals surface area contributed by atoms with E-state index < -0.39 is 5.97 Å². The summed E-state index contributed by atoms with van der Waals surface area (Å²) in [6, 6.07) is 13.9. The van der Waals surface area contributed by atoms with Gasteiger partial charge in [-0.25, -0.2) is 14.2 Å². The van der Waals surface area contributed by atoms with Crippen molar-refractivity contribution >= 4 is 5.97 Å². The third kappa shape index (κ3) is 2.74. The van der Waals surface area contributed by atoms with Crippen LogP contribution in [0.4, 0.5) is 4.39 Å². The molecule has 110 valence electrons. The molecule has 0 atom stereocenters. The van der Waals surface area contributed by atoms with Gasteiger partial charge in [-0.15, -0.1) is 0 Å². The first-order valence-corrected chi connectivity index (χ1v) is 6.72. The van der Waals surface area contributed by atoms with Crippen molar-refractivity contribution in [1.29, 1.82) is 0 Å². The smallest absolute Gasteiger partial charge is 0.354 e. The van der Waals surface area contributed by atoms with E-state index in [1.54, 1.807) is 16.7 Å². The number of carboxylic acid groups (broad SMARTS) is 1. The zero-order valence-corrected chi connectivity index (χ0v) is 11.6. The summed E-state index contributed by atoms with van der Waals surface area (Å²) in [6.45, 7) is 0.384. The predicted octanol–water partition coefficient (Wildman–Crippen LogP) is 3.44. The second-order valence-electron chi connectivity index (χ2n) is 4.88. The number of hydrogen-bond donors (Lipinski definition) is 1. The minimum Gasteiger partial charge on any atom is -0.477 e. The molecule has 0 amide bonds. The number of aromatic carboxylic acids is 1. The van der Waals surface area contributed by atoms with Gasteiger partial charge in [0.15, 0.2) is 0 Å². The molecule has 0 radical (unpaired) electrons. The van der Waals surface area contributed by atoms with Gasteiger partial charge >= 0.3 is 5.97 Å². The monoisotopic (exact) mass is 296 g/mol. The van der Waals surface area contributed by atoms with E-state index in [0.717, 1.165) is 16.7 Å². The van der Waals surface area contributed by atoms with Crippen molar-refractivity contribution in [2.75, 3.05) is 0 Å². The topological polar surface area (TPSA) is 55.1 Å². The quantitative estimate of drug-likeness (QED) is 0.802. The number of benzene rings is 2. The number of nitrogens with zero attached hydrogens (tertiary/aromatic N) is 2. The fourth-order valence-corrected chi connectivity index (χ4v) is 2.38. The van der Waals surface area contributed by atoms with Gasteiger partial charge in [-0.05, 0) is 28.8 Å². The van der Waals surface area contributed by atoms with E-state index in [-0.39, 0.29) is 11.5 Å². The highest BCUT2D eigenvalue weighted by molar-refractivity contribution is 5.85. The maximum Gasteiger partial charge on any atom is 0.354 e. The third-order valence-electron chi connectivity index (χ3n) is 3.44. The second kappa shape index (κ2) is 5.81. The molecule has 1 aromatic heterocycles. The van der Waals surface area contributed by atoms with Gasteiger partial charge in [-0.1, -0.05) is 36.4 Å². The molecule has 0 saturated heterocycles. The summed E-state index contributed by atoms with van der Waals surface area (Å²) < 4.78 is 14.6. The molecule has 1 N–H and O–H groups in total. The molecule has 2 aromatic carbocycles. The summed E-state index contributed by atoms with van der Waals surface area (Å²) >= 11 is 0. The van der Waals surface area contributed by atoms with Crippen molar-refractivity contribution in [2.24, 2.45) is 0 Å². The molecule has 0 spiro atoms. The summed E-state index contributed by atoms with van der Waals surface area (Å²) in [5.74, 6) is -1.30. The van der Waals surface area contributed by atoms with Gasteiger partial charge in [0.05, 0.1) is 12.5 Å². The Hall–Kier alpha value is -2.95. The molecular formula is C17H13FN2O2. The summed E-state index contributed by atoms with van der Waals surface area (Å²) in [6.07, 6.45) is 2.81. The molecule has 0 aliphatic carbocycles. The van der Waals surface area contributed by atoms with Gasteiger partial charge in [-0.2, -0.15) is 0 Å². The number of hydrogen-bond acceptors (Lipinski definition) is 2. The van der Waals surface area contributed by atoms with Crippen LogP contribution in [0.5, 0.6) is 0 Å². The zero-order valence-electron chi connectivity index (χ0n) is 11.6. The molecule has 3 aromatic rings. The van der Waals surface area contributed by atoms with Gasteiger partial charge in [0.2, 0.25) is 0 Å². The van der Waals surface area contributed by atoms with Crippen LogP contribution in [-0.2, 0) is 6.54 Å². The van der Waals surface area contributed by atoms with E-state index in [2.05, 4.69) is 4.98 Å². The van der Waals surface area contributed by atoms with Crippen LogP contribution in [0.1, 0.15) is 16.1 Å². The number of carbonyl (C=O) groups is 1. The van der Waals surface area contributed by atoms with E-state index in [1.807, 2.05) is 24.3 Å². The van der Waals surface area contributed by atoms with Crippen molar-refractivity contribution in [3.8, 4) is 11.1 Å². The van der Waals surface area contributed by atoms with Crippen LogP contribution in [-0.4, -0.2) is 20.6 Å². The summed E-state index contributed by atoms with van der Waals surface area (Å²) in [5.41, 5.74) is 2.89. The molecule has 4 nitrogen and oxygen atoms in total. The Bertz CT molecular complexity index is 810. The van der Waals surface area contributed by atoms with E-state index in [4.69, 9.17) is 5.11 Å². The largest absolute Gasteiger partial charge is 0.477 e. The van der Waals surface area contributed by atoms with Crippen LogP contribution in [0.2, 0.25) is 0 Å². The van der Waals surface area contributed by atoms with Crippen molar-refractivity contribution in [1.82, 2.24) is 9.55 Å². The minimum atomic E-state index is -1.02. The molecule has 0 saturated carbocycles. The number of carboxylic acids is 1. The van der Waals surface area contributed by atoms with Crippen molar-refractivity contribution < 1.29 is 14.3 Å². The highest BCUT2D eigenvalue weighted by atomic mass is 19.1. The molecule has 0 fully saturated rings. The lowest BCUT2D eigenvalue weighted by atomic mass is 9.99. The Labute approximate surface area is 126 Å². The molecule has 1 heterocycles. The van der Waals surface area contributed by atoms with Crippen molar-refractivity contribution in [3.63, 3.8) is 0 Å². The number of aromatic nitrogens is 2. The SMILES string of the molecule is O=C(O)c1cncn1Cc1ccccc1-c1ccc(F)cc1. The number of halogens is 1. The Balaban J connectivity index is 2.00. The molecule has 0 unspecified atom stereocenters. The maximum absolute atomic E-state index is 13.1. The molecule has 22 heavy (non-hydrogen) atoms. The molecule has 0 bridgehead atoms. The van der Waals surface area contributed by atoms with E-state index in [9.17, 15) is 9.18 Å². The van der Waals surface area contributed by atoms with E-state index in [1.165, 1.54) is 24.7 Å². The van der Waals surface area contributed by atoms with Crippen LogP contribution in [0.25, 0.3) is 11.1 Å². The summed E-state index contributed by atoms with van der Waals surface area (Å²) in [4.78, 5) is 15.0. The fourth-order valence-electron chi connectivity index (χ4n) is 2.38. The molecule has 5 heteroatoms. The van der Waals surface area contributed by atoms with Gasteiger partial charge in [0.1, 0.15) is 11.5 Å². The van der Waals surface area contributed by atoms with Crippen LogP contribution in [0.3, 0.4) is 0 Å². The summed E-state index contributed by atoms with van der Waals surface area (Å²) in [7, 11) is 0. The van der Waals surface area contributed by atoms with Crippen LogP contribution < -0.4 is 0 Å². The molecule has 3 rings (SSSR count). The highest BCUT2D eigenvalue weighted by Gasteiger charge is 2.12. The van der Waals surface area contributed by atoms with Crippen LogP contribution in [0.15, 0.2) is 61.1 Å². The van der Waals surface area contributed by atoms with Crippen molar-refractivity contribution in [2.45, 2.75) is 6.54 Å². The average Bonchev–Trinajstić information content (AvgIpc) is 2.97. The van der Waals surface area contributed by atoms with Crippen LogP contribution in [0, 0.1) is 5.82 Å². The lowest BCUT2D eigenvalue weighted by molar-refractivity contribution is 0.0685. The minimum absolute atomic E-state index is 0.133. The van der Waals surface area contributed by atoms with Crippen molar-refractivity contribution in [3.05, 3.63) is 78.1 Å². The maximum atomic E-state index is 13.1. The van der Waals surface area contributed by atoms with Crippen LogP contribution >= 0.6 is 0 Å². The first-order chi connectivity index (χ1) is 10.6. The predicted molar refractivity (Wildman–Crippen MR) is 80.1 cm³/mol. The Morgan fingerprint density at radius 3 is 2.59 bits per heavy atom. The van der Waals surface area contributed by atoms with Gasteiger partial charge in [-0.3, -0.25) is 0 Å². The Morgan fingerprint density at radius 2 is 1.86 bits per heavy atom. The van der Waals surface area contributed by atoms with Gasteiger partial charge in [0, 0.05) is 6.54 Å². The van der Waals surface area contributed by atoms with E-state index in [0.29, 0.717) is 6.54 Å². The summed E-state index contributed by atoms with van der Waals surface area (Å²) in [5, 5.41) is 9.15. The Kier molecular flexibility index (Phi) is 3.70. The lowest BCUT2D eigenvalue weighted by Gasteiger charge is -2.11. The molecular weight excluding hydrogens is 283 g/mol. The highest BCUT2D eigenvalue weighted by Crippen LogP contribution is 2.25. The second-order valence-corrected chi connectivity index (χ2v) is 4.88. The lowest BCUT2D eigenvalue weighted by Crippen LogP contribution is -2.09. The molecule has 0 aliphatic rings. The Morgan fingerprint density at radius 1 is 1.14 bits per heavy atom.